The van der Waals surface area contributed by atoms with Crippen LogP contribution in [0, 0.1) is 0 Å². The molecule has 4 rings (SSSR count). The first-order valence-corrected chi connectivity index (χ1v) is 13.1. The highest BCUT2D eigenvalue weighted by molar-refractivity contribution is 7.12. The third kappa shape index (κ3) is 7.04. The molecule has 200 valence electrons. The molecule has 3 heterocycles. The second kappa shape index (κ2) is 11.6. The van der Waals surface area contributed by atoms with E-state index in [2.05, 4.69) is 34.3 Å². The van der Waals surface area contributed by atoms with Crippen LogP contribution in [0.25, 0.3) is 0 Å². The van der Waals surface area contributed by atoms with Crippen LogP contribution in [-0.2, 0) is 11.3 Å². The van der Waals surface area contributed by atoms with E-state index in [9.17, 15) is 18.0 Å². The number of hydrogen-bond donors (Lipinski definition) is 2. The summed E-state index contributed by atoms with van der Waals surface area (Å²) in [7, 11) is 2.09. The Kier molecular flexibility index (Phi) is 8.43. The summed E-state index contributed by atoms with van der Waals surface area (Å²) in [6.07, 6.45) is -2.04. The lowest BCUT2D eigenvalue weighted by Gasteiger charge is -2.31. The first-order valence-electron chi connectivity index (χ1n) is 12.2. The molecular weight excluding hydrogens is 503 g/mol. The van der Waals surface area contributed by atoms with Crippen molar-refractivity contribution < 1.29 is 22.8 Å². The highest BCUT2D eigenvalue weighted by Gasteiger charge is 2.40. The fraction of sp³-hybridized carbons (Fsp3) is 0.462. The van der Waals surface area contributed by atoms with Crippen molar-refractivity contribution in [1.82, 2.24) is 10.2 Å². The van der Waals surface area contributed by atoms with Crippen molar-refractivity contribution in [2.24, 2.45) is 5.16 Å². The summed E-state index contributed by atoms with van der Waals surface area (Å²) in [5, 5.41) is 12.2. The first-order chi connectivity index (χ1) is 17.6. The van der Waals surface area contributed by atoms with Gasteiger partial charge in [-0.2, -0.15) is 13.2 Å². The van der Waals surface area contributed by atoms with Gasteiger partial charge in [0.25, 0.3) is 5.91 Å². The predicted octanol–water partition coefficient (Wildman–Crippen LogP) is 4.88. The molecule has 1 aromatic heterocycles. The van der Waals surface area contributed by atoms with Gasteiger partial charge in [0.2, 0.25) is 0 Å². The SMILES string of the molecule is C=C(CNC(=O)c1cccs1)O/N=C(\C)C1Cc2c(NC3CCN(C)CC3)cccc2N1CC(F)(F)F. The summed E-state index contributed by atoms with van der Waals surface area (Å²) in [5.74, 6) is -0.0700. The fourth-order valence-electron chi connectivity index (χ4n) is 4.70. The number of nitrogens with one attached hydrogen (secondary N) is 2. The number of likely N-dealkylation sites (tertiary alicyclic amines) is 1. The van der Waals surface area contributed by atoms with Crippen LogP contribution in [0.4, 0.5) is 24.5 Å². The Hall–Kier alpha value is -3.05. The van der Waals surface area contributed by atoms with E-state index in [1.165, 1.54) is 16.2 Å². The van der Waals surface area contributed by atoms with Gasteiger partial charge < -0.3 is 25.3 Å². The Morgan fingerprint density at radius 2 is 2.00 bits per heavy atom. The first kappa shape index (κ1) is 27.0. The molecule has 37 heavy (non-hydrogen) atoms. The molecule has 2 N–H and O–H groups in total. The van der Waals surface area contributed by atoms with Gasteiger partial charge in [-0.05, 0) is 63.5 Å². The van der Waals surface area contributed by atoms with Crippen LogP contribution in [0.3, 0.4) is 0 Å². The number of carbonyl (C=O) groups excluding carboxylic acids is 1. The number of piperidine rings is 1. The number of nitrogens with zero attached hydrogens (tertiary/aromatic N) is 3. The summed E-state index contributed by atoms with van der Waals surface area (Å²) in [5.41, 5.74) is 2.68. The van der Waals surface area contributed by atoms with E-state index in [1.807, 2.05) is 6.07 Å². The quantitative estimate of drug-likeness (QED) is 0.272. The molecule has 1 aromatic carbocycles. The van der Waals surface area contributed by atoms with Crippen molar-refractivity contribution in [1.29, 1.82) is 0 Å². The Bertz CT molecular complexity index is 1130. The normalized spacial score (nSPS) is 19.0. The molecule has 1 saturated heterocycles. The Morgan fingerprint density at radius 1 is 1.24 bits per heavy atom. The van der Waals surface area contributed by atoms with Gasteiger partial charge in [0.05, 0.1) is 23.2 Å². The number of carbonyl (C=O) groups is 1. The molecule has 0 bridgehead atoms. The summed E-state index contributed by atoms with van der Waals surface area (Å²) >= 11 is 1.31. The molecule has 0 radical (unpaired) electrons. The maximum Gasteiger partial charge on any atom is 0.405 e. The molecule has 1 atom stereocenters. The van der Waals surface area contributed by atoms with Crippen LogP contribution in [0.2, 0.25) is 0 Å². The van der Waals surface area contributed by atoms with Crippen LogP contribution in [0.15, 0.2) is 53.2 Å². The third-order valence-corrected chi connectivity index (χ3v) is 7.52. The number of rotatable bonds is 9. The van der Waals surface area contributed by atoms with Crippen molar-refractivity contribution in [3.63, 3.8) is 0 Å². The van der Waals surface area contributed by atoms with Crippen LogP contribution < -0.4 is 15.5 Å². The summed E-state index contributed by atoms with van der Waals surface area (Å²) in [6.45, 7) is 6.33. The van der Waals surface area contributed by atoms with E-state index in [0.717, 1.165) is 37.2 Å². The second-order valence-electron chi connectivity index (χ2n) is 9.51. The number of hydrogen-bond acceptors (Lipinski definition) is 7. The van der Waals surface area contributed by atoms with E-state index in [-0.39, 0.29) is 24.3 Å². The van der Waals surface area contributed by atoms with Gasteiger partial charge in [0, 0.05) is 29.4 Å². The average Bonchev–Trinajstić information content (AvgIpc) is 3.51. The number of amides is 1. The molecule has 7 nitrogen and oxygen atoms in total. The fourth-order valence-corrected chi connectivity index (χ4v) is 5.34. The van der Waals surface area contributed by atoms with Crippen LogP contribution in [-0.4, -0.2) is 68.0 Å². The zero-order chi connectivity index (χ0) is 26.6. The van der Waals surface area contributed by atoms with Crippen LogP contribution in [0.1, 0.15) is 35.0 Å². The zero-order valence-electron chi connectivity index (χ0n) is 21.0. The molecule has 0 spiro atoms. The monoisotopic (exact) mass is 535 g/mol. The Balaban J connectivity index is 1.45. The summed E-state index contributed by atoms with van der Waals surface area (Å²) < 4.78 is 40.7. The molecule has 2 aliphatic rings. The van der Waals surface area contributed by atoms with Gasteiger partial charge in [-0.3, -0.25) is 4.79 Å². The van der Waals surface area contributed by atoms with Gasteiger partial charge in [-0.15, -0.1) is 11.3 Å². The van der Waals surface area contributed by atoms with Crippen molar-refractivity contribution in [3.05, 3.63) is 58.5 Å². The molecule has 0 aliphatic carbocycles. The minimum absolute atomic E-state index is 0.0370. The van der Waals surface area contributed by atoms with Gasteiger partial charge in [0.15, 0.2) is 0 Å². The van der Waals surface area contributed by atoms with Crippen LogP contribution in [0.5, 0.6) is 0 Å². The number of benzene rings is 1. The van der Waals surface area contributed by atoms with E-state index in [4.69, 9.17) is 4.84 Å². The molecule has 2 aliphatic heterocycles. The predicted molar refractivity (Wildman–Crippen MR) is 141 cm³/mol. The number of thiophene rings is 1. The minimum atomic E-state index is -4.38. The summed E-state index contributed by atoms with van der Waals surface area (Å²) in [4.78, 5) is 21.7. The van der Waals surface area contributed by atoms with E-state index < -0.39 is 18.8 Å². The maximum absolute atomic E-state index is 13.6. The zero-order valence-corrected chi connectivity index (χ0v) is 21.8. The third-order valence-electron chi connectivity index (χ3n) is 6.65. The number of oxime groups is 1. The lowest BCUT2D eigenvalue weighted by molar-refractivity contribution is -0.119. The van der Waals surface area contributed by atoms with Gasteiger partial charge in [-0.1, -0.05) is 23.9 Å². The van der Waals surface area contributed by atoms with Crippen molar-refractivity contribution in [3.8, 4) is 0 Å². The number of halogens is 3. The largest absolute Gasteiger partial charge is 0.405 e. The standard InChI is InChI=1S/C26H32F3N5O2S/c1-17(15-30-25(35)24-8-5-13-37-24)36-32-18(2)23-14-20-21(31-19-9-11-33(3)12-10-19)6-4-7-22(20)34(23)16-26(27,28)29/h4-8,13,19,23,31H,1,9-12,14-16H2,2-3H3,(H,30,35)/b32-18+. The smallest absolute Gasteiger partial charge is 0.382 e. The summed E-state index contributed by atoms with van der Waals surface area (Å²) in [6, 6.07) is 8.60. The maximum atomic E-state index is 13.6. The van der Waals surface area contributed by atoms with E-state index in [1.54, 1.807) is 36.6 Å². The van der Waals surface area contributed by atoms with Crippen LogP contribution >= 0.6 is 11.3 Å². The number of fused-ring (bicyclic) bond motifs is 1. The topological polar surface area (TPSA) is 69.2 Å². The minimum Gasteiger partial charge on any atom is -0.382 e. The Labute approximate surface area is 219 Å². The lowest BCUT2D eigenvalue weighted by Crippen LogP contribution is -2.43. The molecular formula is C26H32F3N5O2S. The number of alkyl halides is 3. The molecule has 2 aromatic rings. The van der Waals surface area contributed by atoms with Crippen molar-refractivity contribution in [2.75, 3.05) is 43.4 Å². The van der Waals surface area contributed by atoms with Gasteiger partial charge >= 0.3 is 6.18 Å². The molecule has 1 unspecified atom stereocenters. The lowest BCUT2D eigenvalue weighted by atomic mass is 10.0. The van der Waals surface area contributed by atoms with E-state index >= 15 is 0 Å². The van der Waals surface area contributed by atoms with Gasteiger partial charge in [0.1, 0.15) is 12.3 Å². The average molecular weight is 536 g/mol. The second-order valence-corrected chi connectivity index (χ2v) is 10.5. The molecule has 1 fully saturated rings. The highest BCUT2D eigenvalue weighted by Crippen LogP contribution is 2.40. The van der Waals surface area contributed by atoms with Crippen molar-refractivity contribution >= 4 is 34.3 Å². The highest BCUT2D eigenvalue weighted by atomic mass is 32.1. The molecule has 1 amide bonds. The molecule has 0 saturated carbocycles. The van der Waals surface area contributed by atoms with Crippen molar-refractivity contribution in [2.45, 2.75) is 44.4 Å². The molecule has 11 heteroatoms. The van der Waals surface area contributed by atoms with E-state index in [0.29, 0.717) is 22.7 Å². The van der Waals surface area contributed by atoms with Gasteiger partial charge in [-0.25, -0.2) is 0 Å². The number of anilines is 2. The Morgan fingerprint density at radius 3 is 2.68 bits per heavy atom.